The molecule has 1 heterocycles. The number of oxazole rings is 1. The average Bonchev–Trinajstić information content (AvgIpc) is 2.87. The summed E-state index contributed by atoms with van der Waals surface area (Å²) in [6.07, 6.45) is -4.22. The Morgan fingerprint density at radius 3 is 2.46 bits per heavy atom. The number of aryl methyl sites for hydroxylation is 2. The lowest BCUT2D eigenvalue weighted by atomic mass is 9.97. The van der Waals surface area contributed by atoms with Gasteiger partial charge in [0.05, 0.1) is 16.3 Å². The first-order chi connectivity index (χ1) is 11.9. The SMILES string of the molecule is Cc1nc(C(C)(C)C)oc1CCC(=O)Nc1ccc(Cl)c(C(F)(F)F)c1. The molecule has 1 amide bonds. The van der Waals surface area contributed by atoms with Crippen molar-refractivity contribution in [3.8, 4) is 0 Å². The minimum Gasteiger partial charge on any atom is -0.445 e. The van der Waals surface area contributed by atoms with Gasteiger partial charge < -0.3 is 9.73 Å². The number of benzene rings is 1. The number of rotatable bonds is 4. The first-order valence-corrected chi connectivity index (χ1v) is 8.39. The fraction of sp³-hybridized carbons (Fsp3) is 0.444. The van der Waals surface area contributed by atoms with E-state index in [1.165, 1.54) is 6.07 Å². The predicted molar refractivity (Wildman–Crippen MR) is 93.3 cm³/mol. The van der Waals surface area contributed by atoms with Crippen LogP contribution in [0.2, 0.25) is 5.02 Å². The van der Waals surface area contributed by atoms with E-state index in [9.17, 15) is 18.0 Å². The second-order valence-electron chi connectivity index (χ2n) is 7.02. The molecule has 0 bridgehead atoms. The van der Waals surface area contributed by atoms with E-state index in [2.05, 4.69) is 10.3 Å². The van der Waals surface area contributed by atoms with Crippen LogP contribution in [-0.2, 0) is 22.8 Å². The van der Waals surface area contributed by atoms with Gasteiger partial charge in [-0.1, -0.05) is 32.4 Å². The van der Waals surface area contributed by atoms with Crippen LogP contribution in [0.15, 0.2) is 22.6 Å². The van der Waals surface area contributed by atoms with Crippen molar-refractivity contribution in [2.45, 2.75) is 52.1 Å². The number of nitrogens with one attached hydrogen (secondary N) is 1. The summed E-state index contributed by atoms with van der Waals surface area (Å²) in [5.41, 5.74) is -0.495. The van der Waals surface area contributed by atoms with E-state index in [1.54, 1.807) is 6.92 Å². The highest BCUT2D eigenvalue weighted by molar-refractivity contribution is 6.31. The van der Waals surface area contributed by atoms with Crippen LogP contribution in [0.25, 0.3) is 0 Å². The van der Waals surface area contributed by atoms with Crippen molar-refractivity contribution in [3.63, 3.8) is 0 Å². The third-order valence-corrected chi connectivity index (χ3v) is 4.00. The first-order valence-electron chi connectivity index (χ1n) is 8.01. The van der Waals surface area contributed by atoms with Crippen LogP contribution < -0.4 is 5.32 Å². The van der Waals surface area contributed by atoms with E-state index < -0.39 is 22.7 Å². The van der Waals surface area contributed by atoms with Crippen LogP contribution >= 0.6 is 11.6 Å². The largest absolute Gasteiger partial charge is 0.445 e. The normalized spacial score (nSPS) is 12.3. The highest BCUT2D eigenvalue weighted by Crippen LogP contribution is 2.36. The van der Waals surface area contributed by atoms with E-state index in [-0.39, 0.29) is 17.5 Å². The molecular weight excluding hydrogens is 369 g/mol. The van der Waals surface area contributed by atoms with E-state index in [1.807, 2.05) is 20.8 Å². The highest BCUT2D eigenvalue weighted by atomic mass is 35.5. The lowest BCUT2D eigenvalue weighted by Gasteiger charge is -2.12. The topological polar surface area (TPSA) is 55.1 Å². The molecule has 4 nitrogen and oxygen atoms in total. The Kier molecular flexibility index (Phi) is 5.70. The van der Waals surface area contributed by atoms with Crippen LogP contribution in [0, 0.1) is 6.92 Å². The van der Waals surface area contributed by atoms with Gasteiger partial charge in [0.15, 0.2) is 5.89 Å². The Labute approximate surface area is 154 Å². The molecule has 0 saturated heterocycles. The maximum atomic E-state index is 12.9. The standard InChI is InChI=1S/C18H20ClF3N2O2/c1-10-14(26-16(23-10)17(2,3)4)7-8-15(25)24-11-5-6-13(19)12(9-11)18(20,21)22/h5-6,9H,7-8H2,1-4H3,(H,24,25). The number of hydrogen-bond acceptors (Lipinski definition) is 3. The summed E-state index contributed by atoms with van der Waals surface area (Å²) in [5.74, 6) is 0.753. The molecule has 26 heavy (non-hydrogen) atoms. The number of carbonyl (C=O) groups excluding carboxylic acids is 1. The molecular formula is C18H20ClF3N2O2. The number of hydrogen-bond donors (Lipinski definition) is 1. The summed E-state index contributed by atoms with van der Waals surface area (Å²) in [6.45, 7) is 7.69. The van der Waals surface area contributed by atoms with Gasteiger partial charge in [-0.05, 0) is 25.1 Å². The van der Waals surface area contributed by atoms with Crippen molar-refractivity contribution < 1.29 is 22.4 Å². The monoisotopic (exact) mass is 388 g/mol. The molecule has 0 saturated carbocycles. The highest BCUT2D eigenvalue weighted by Gasteiger charge is 2.33. The maximum absolute atomic E-state index is 12.9. The van der Waals surface area contributed by atoms with Crippen LogP contribution in [0.3, 0.4) is 0 Å². The molecule has 0 fully saturated rings. The van der Waals surface area contributed by atoms with Gasteiger partial charge in [-0.25, -0.2) is 4.98 Å². The molecule has 0 aliphatic carbocycles. The van der Waals surface area contributed by atoms with Crippen molar-refractivity contribution in [2.75, 3.05) is 5.32 Å². The van der Waals surface area contributed by atoms with Gasteiger partial charge in [0.25, 0.3) is 0 Å². The first kappa shape index (κ1) is 20.3. The Balaban J connectivity index is 2.03. The molecule has 0 radical (unpaired) electrons. The molecule has 8 heteroatoms. The molecule has 0 aliphatic rings. The lowest BCUT2D eigenvalue weighted by molar-refractivity contribution is -0.137. The molecule has 1 aromatic heterocycles. The Morgan fingerprint density at radius 2 is 1.92 bits per heavy atom. The zero-order valence-corrected chi connectivity index (χ0v) is 15.7. The molecule has 0 atom stereocenters. The van der Waals surface area contributed by atoms with Crippen molar-refractivity contribution >= 4 is 23.2 Å². The fourth-order valence-corrected chi connectivity index (χ4v) is 2.48. The molecule has 0 unspecified atom stereocenters. The van der Waals surface area contributed by atoms with Crippen LogP contribution in [0.1, 0.15) is 50.1 Å². The number of anilines is 1. The quantitative estimate of drug-likeness (QED) is 0.749. The summed E-state index contributed by atoms with van der Waals surface area (Å²) in [5, 5.41) is 2.03. The number of aromatic nitrogens is 1. The van der Waals surface area contributed by atoms with Crippen LogP contribution in [-0.4, -0.2) is 10.9 Å². The predicted octanol–water partition coefficient (Wildman–Crippen LogP) is 5.52. The number of halogens is 4. The zero-order chi connectivity index (χ0) is 19.7. The lowest BCUT2D eigenvalue weighted by Crippen LogP contribution is -2.14. The summed E-state index contributed by atoms with van der Waals surface area (Å²) >= 11 is 5.56. The Morgan fingerprint density at radius 1 is 1.27 bits per heavy atom. The smallest absolute Gasteiger partial charge is 0.417 e. The van der Waals surface area contributed by atoms with Crippen LogP contribution in [0.4, 0.5) is 18.9 Å². The van der Waals surface area contributed by atoms with Crippen molar-refractivity contribution in [1.82, 2.24) is 4.98 Å². The fourth-order valence-electron chi connectivity index (χ4n) is 2.25. The average molecular weight is 389 g/mol. The van der Waals surface area contributed by atoms with E-state index in [0.717, 1.165) is 12.1 Å². The van der Waals surface area contributed by atoms with E-state index >= 15 is 0 Å². The van der Waals surface area contributed by atoms with Crippen molar-refractivity contribution in [3.05, 3.63) is 46.1 Å². The van der Waals surface area contributed by atoms with E-state index in [0.29, 0.717) is 23.8 Å². The molecule has 1 N–H and O–H groups in total. The second-order valence-corrected chi connectivity index (χ2v) is 7.43. The molecule has 2 rings (SSSR count). The van der Waals surface area contributed by atoms with Crippen molar-refractivity contribution in [1.29, 1.82) is 0 Å². The molecule has 2 aromatic rings. The minimum absolute atomic E-state index is 0.0383. The number of nitrogens with zero attached hydrogens (tertiary/aromatic N) is 1. The third-order valence-electron chi connectivity index (χ3n) is 3.67. The maximum Gasteiger partial charge on any atom is 0.417 e. The second kappa shape index (κ2) is 7.31. The number of amides is 1. The summed E-state index contributed by atoms with van der Waals surface area (Å²) in [7, 11) is 0. The Bertz CT molecular complexity index is 808. The molecule has 0 aliphatic heterocycles. The van der Waals surface area contributed by atoms with Gasteiger partial charge in [0.2, 0.25) is 5.91 Å². The summed E-state index contributed by atoms with van der Waals surface area (Å²) in [4.78, 5) is 16.4. The summed E-state index contributed by atoms with van der Waals surface area (Å²) in [6, 6.07) is 3.25. The minimum atomic E-state index is -4.59. The van der Waals surface area contributed by atoms with Gasteiger partial charge in [-0.3, -0.25) is 4.79 Å². The van der Waals surface area contributed by atoms with Crippen LogP contribution in [0.5, 0.6) is 0 Å². The zero-order valence-electron chi connectivity index (χ0n) is 14.9. The van der Waals surface area contributed by atoms with E-state index in [4.69, 9.17) is 16.0 Å². The van der Waals surface area contributed by atoms with Gasteiger partial charge in [-0.15, -0.1) is 0 Å². The molecule has 0 spiro atoms. The van der Waals surface area contributed by atoms with Gasteiger partial charge in [-0.2, -0.15) is 13.2 Å². The van der Waals surface area contributed by atoms with Crippen molar-refractivity contribution in [2.24, 2.45) is 0 Å². The van der Waals surface area contributed by atoms with Gasteiger partial charge in [0, 0.05) is 23.9 Å². The molecule has 142 valence electrons. The molecule has 1 aromatic carbocycles. The van der Waals surface area contributed by atoms with Gasteiger partial charge >= 0.3 is 6.18 Å². The van der Waals surface area contributed by atoms with Gasteiger partial charge in [0.1, 0.15) is 5.76 Å². The number of carbonyl (C=O) groups is 1. The summed E-state index contributed by atoms with van der Waals surface area (Å²) < 4.78 is 44.3. The third kappa shape index (κ3) is 5.00. The number of alkyl halides is 3. The Hall–Kier alpha value is -2.02.